The highest BCUT2D eigenvalue weighted by molar-refractivity contribution is 4.77. The molecular weight excluding hydrogens is 232 g/mol. The third-order valence-electron chi connectivity index (χ3n) is 2.20. The van der Waals surface area contributed by atoms with Crippen LogP contribution < -0.4 is 21.5 Å². The van der Waals surface area contributed by atoms with Crippen LogP contribution in [0.5, 0.6) is 0 Å². The van der Waals surface area contributed by atoms with Gasteiger partial charge in [0.15, 0.2) is 6.23 Å². The van der Waals surface area contributed by atoms with Crippen LogP contribution in [0.3, 0.4) is 0 Å². The fourth-order valence-electron chi connectivity index (χ4n) is 1.28. The van der Waals surface area contributed by atoms with E-state index < -0.39 is 0 Å². The second kappa shape index (κ2) is 5.40. The van der Waals surface area contributed by atoms with Crippen LogP contribution in [0.4, 0.5) is 0 Å². The number of hydrogen-bond donors (Lipinski definition) is 1. The van der Waals surface area contributed by atoms with E-state index in [0.29, 0.717) is 0 Å². The maximum atomic E-state index is 9.66. The minimum Gasteiger partial charge on any atom is -1.00 e. The third-order valence-corrected chi connectivity index (χ3v) is 2.20. The molecule has 4 heteroatoms. The molecule has 1 aromatic heterocycles. The van der Waals surface area contributed by atoms with Gasteiger partial charge in [-0.1, -0.05) is 6.92 Å². The Bertz CT molecular complexity index is 260. The summed E-state index contributed by atoms with van der Waals surface area (Å²) in [6, 6.07) is 0. The Hall–Kier alpha value is -0.350. The Morgan fingerprint density at radius 2 is 2.23 bits per heavy atom. The molecule has 1 rings (SSSR count). The number of nitrogens with zero attached hydrogens (tertiary/aromatic N) is 2. The Labute approximate surface area is 89.8 Å². The van der Waals surface area contributed by atoms with Crippen molar-refractivity contribution in [2.24, 2.45) is 7.05 Å². The molecule has 0 spiro atoms. The Kier molecular flexibility index (Phi) is 5.25. The zero-order chi connectivity index (χ0) is 9.14. The number of aliphatic hydroxyl groups excluding tert-OH is 1. The molecule has 0 aliphatic carbocycles. The molecule has 1 aromatic rings. The van der Waals surface area contributed by atoms with Crippen molar-refractivity contribution in [1.82, 2.24) is 4.57 Å². The Morgan fingerprint density at radius 1 is 1.62 bits per heavy atom. The van der Waals surface area contributed by atoms with E-state index in [4.69, 9.17) is 0 Å². The number of aromatic nitrogens is 2. The molecule has 1 unspecified atom stereocenters. The lowest BCUT2D eigenvalue weighted by molar-refractivity contribution is -0.764. The van der Waals surface area contributed by atoms with Gasteiger partial charge in [0.05, 0.1) is 7.05 Å². The van der Waals surface area contributed by atoms with E-state index in [2.05, 4.69) is 6.92 Å². The van der Waals surface area contributed by atoms with Crippen molar-refractivity contribution in [2.75, 3.05) is 0 Å². The number of hydrogen-bond acceptors (Lipinski definition) is 1. The molecule has 0 aliphatic heterocycles. The second-order valence-electron chi connectivity index (χ2n) is 3.13. The van der Waals surface area contributed by atoms with Gasteiger partial charge < -0.3 is 22.1 Å². The molecule has 1 N–H and O–H groups in total. The molecule has 0 amide bonds. The average Bonchev–Trinajstić information content (AvgIpc) is 2.34. The van der Waals surface area contributed by atoms with Crippen molar-refractivity contribution < 1.29 is 26.7 Å². The highest BCUT2D eigenvalue weighted by Crippen LogP contribution is 2.03. The van der Waals surface area contributed by atoms with Crippen molar-refractivity contribution in [3.05, 3.63) is 18.2 Å². The molecule has 13 heavy (non-hydrogen) atoms. The van der Waals surface area contributed by atoms with Crippen LogP contribution in [0.1, 0.15) is 31.8 Å². The highest BCUT2D eigenvalue weighted by atomic mass is 79.9. The number of imidazole rings is 1. The maximum Gasteiger partial charge on any atom is 0.255 e. The van der Waals surface area contributed by atoms with Crippen LogP contribution in [-0.4, -0.2) is 9.67 Å². The molecule has 0 saturated carbocycles. The van der Waals surface area contributed by atoms with E-state index in [1.807, 2.05) is 35.5 Å². The van der Waals surface area contributed by atoms with Gasteiger partial charge in [0, 0.05) is 13.3 Å². The lowest BCUT2D eigenvalue weighted by Crippen LogP contribution is -3.00. The largest absolute Gasteiger partial charge is 1.00 e. The standard InChI is InChI=1S/C9H17N2O.BrH/c1-4-5-9(12)11-7-6-10(3)8(11)2;/h6-7,9,12H,4-5H2,1-3H3;1H/q+1;/p-1. The van der Waals surface area contributed by atoms with Gasteiger partial charge in [-0.25, -0.2) is 9.13 Å². The predicted molar refractivity (Wildman–Crippen MR) is 46.5 cm³/mol. The fourth-order valence-corrected chi connectivity index (χ4v) is 1.28. The summed E-state index contributed by atoms with van der Waals surface area (Å²) < 4.78 is 3.89. The van der Waals surface area contributed by atoms with Gasteiger partial charge in [0.2, 0.25) is 0 Å². The molecule has 0 aliphatic rings. The van der Waals surface area contributed by atoms with E-state index in [9.17, 15) is 5.11 Å². The van der Waals surface area contributed by atoms with Crippen LogP contribution in [-0.2, 0) is 7.05 Å². The van der Waals surface area contributed by atoms with Crippen molar-refractivity contribution in [2.45, 2.75) is 32.9 Å². The van der Waals surface area contributed by atoms with Crippen molar-refractivity contribution in [3.8, 4) is 0 Å². The molecule has 3 nitrogen and oxygen atoms in total. The molecule has 0 fully saturated rings. The summed E-state index contributed by atoms with van der Waals surface area (Å²) >= 11 is 0. The summed E-state index contributed by atoms with van der Waals surface area (Å²) in [7, 11) is 1.98. The monoisotopic (exact) mass is 248 g/mol. The maximum absolute atomic E-state index is 9.66. The van der Waals surface area contributed by atoms with Gasteiger partial charge in [0.25, 0.3) is 5.82 Å². The van der Waals surface area contributed by atoms with Crippen LogP contribution >= 0.6 is 0 Å². The molecule has 0 bridgehead atoms. The van der Waals surface area contributed by atoms with Crippen LogP contribution in [0.15, 0.2) is 12.4 Å². The first-order chi connectivity index (χ1) is 5.66. The average molecular weight is 249 g/mol. The summed E-state index contributed by atoms with van der Waals surface area (Å²) in [6.45, 7) is 4.07. The molecule has 1 atom stereocenters. The first-order valence-corrected chi connectivity index (χ1v) is 4.38. The minimum absolute atomic E-state index is 0. The van der Waals surface area contributed by atoms with Crippen LogP contribution in [0.2, 0.25) is 0 Å². The van der Waals surface area contributed by atoms with E-state index in [1.54, 1.807) is 0 Å². The van der Waals surface area contributed by atoms with Crippen LogP contribution in [0.25, 0.3) is 0 Å². The van der Waals surface area contributed by atoms with E-state index in [0.717, 1.165) is 18.7 Å². The van der Waals surface area contributed by atoms with Crippen molar-refractivity contribution >= 4 is 0 Å². The molecule has 1 heterocycles. The predicted octanol–water partition coefficient (Wildman–Crippen LogP) is -2.08. The summed E-state index contributed by atoms with van der Waals surface area (Å²) in [5, 5.41) is 9.66. The zero-order valence-electron chi connectivity index (χ0n) is 8.37. The van der Waals surface area contributed by atoms with Crippen molar-refractivity contribution in [1.29, 1.82) is 0 Å². The number of aliphatic hydroxyl groups is 1. The molecule has 0 saturated heterocycles. The fraction of sp³-hybridized carbons (Fsp3) is 0.667. The highest BCUT2D eigenvalue weighted by Gasteiger charge is 2.15. The summed E-state index contributed by atoms with van der Waals surface area (Å²) in [4.78, 5) is 0. The van der Waals surface area contributed by atoms with Gasteiger partial charge >= 0.3 is 0 Å². The van der Waals surface area contributed by atoms with E-state index in [1.165, 1.54) is 0 Å². The number of aryl methyl sites for hydroxylation is 1. The van der Waals surface area contributed by atoms with Crippen LogP contribution in [0, 0.1) is 6.92 Å². The number of halogens is 1. The Morgan fingerprint density at radius 3 is 2.62 bits per heavy atom. The van der Waals surface area contributed by atoms with Gasteiger partial charge in [-0.3, -0.25) is 0 Å². The summed E-state index contributed by atoms with van der Waals surface area (Å²) in [5.74, 6) is 1.08. The van der Waals surface area contributed by atoms with Gasteiger partial charge in [0.1, 0.15) is 12.4 Å². The topological polar surface area (TPSA) is 29.0 Å². The zero-order valence-corrected chi connectivity index (χ0v) is 9.95. The Balaban J connectivity index is 0.00000144. The quantitative estimate of drug-likeness (QED) is 0.612. The van der Waals surface area contributed by atoms with Gasteiger partial charge in [-0.15, -0.1) is 0 Å². The van der Waals surface area contributed by atoms with Gasteiger partial charge in [-0.05, 0) is 6.42 Å². The molecule has 0 radical (unpaired) electrons. The first kappa shape index (κ1) is 12.7. The SMILES string of the molecule is CCCC(O)[n+]1ccn(C)c1C.[Br-]. The molecule has 76 valence electrons. The lowest BCUT2D eigenvalue weighted by Gasteiger charge is -2.05. The summed E-state index contributed by atoms with van der Waals surface area (Å²) in [5.41, 5.74) is 0. The third kappa shape index (κ3) is 2.81. The van der Waals surface area contributed by atoms with E-state index >= 15 is 0 Å². The first-order valence-electron chi connectivity index (χ1n) is 4.38. The second-order valence-corrected chi connectivity index (χ2v) is 3.13. The normalized spacial score (nSPS) is 12.3. The van der Waals surface area contributed by atoms with E-state index in [-0.39, 0.29) is 23.2 Å². The smallest absolute Gasteiger partial charge is 0.255 e. The summed E-state index contributed by atoms with van der Waals surface area (Å²) in [6.07, 6.45) is 5.32. The van der Waals surface area contributed by atoms with Crippen molar-refractivity contribution in [3.63, 3.8) is 0 Å². The molecular formula is C9H17BrN2O. The molecule has 0 aromatic carbocycles. The minimum atomic E-state index is -0.365. The lowest BCUT2D eigenvalue weighted by atomic mass is 10.3. The van der Waals surface area contributed by atoms with Gasteiger partial charge in [-0.2, -0.15) is 0 Å². The number of rotatable bonds is 3.